The summed E-state index contributed by atoms with van der Waals surface area (Å²) in [6.07, 6.45) is 2.31. The predicted molar refractivity (Wildman–Crippen MR) is 65.7 cm³/mol. The van der Waals surface area contributed by atoms with Gasteiger partial charge in [0, 0.05) is 18.6 Å². The molecule has 15 heavy (non-hydrogen) atoms. The highest BCUT2D eigenvalue weighted by atomic mass is 15.0. The van der Waals surface area contributed by atoms with Crippen LogP contribution in [-0.2, 0) is 0 Å². The molecule has 0 saturated heterocycles. The first-order chi connectivity index (χ1) is 7.31. The lowest BCUT2D eigenvalue weighted by molar-refractivity contribution is 0.419. The summed E-state index contributed by atoms with van der Waals surface area (Å²) in [6, 6.07) is 11.3. The van der Waals surface area contributed by atoms with Crippen LogP contribution in [0, 0.1) is 0 Å². The van der Waals surface area contributed by atoms with Crippen LogP contribution in [0.1, 0.15) is 38.3 Å². The van der Waals surface area contributed by atoms with Crippen LogP contribution < -0.4 is 11.1 Å². The van der Waals surface area contributed by atoms with Crippen molar-refractivity contribution in [2.24, 2.45) is 5.73 Å². The molecule has 0 aliphatic carbocycles. The summed E-state index contributed by atoms with van der Waals surface area (Å²) < 4.78 is 0. The molecule has 0 aromatic heterocycles. The lowest BCUT2D eigenvalue weighted by Gasteiger charge is -2.23. The highest BCUT2D eigenvalue weighted by Gasteiger charge is 2.12. The van der Waals surface area contributed by atoms with Crippen molar-refractivity contribution in [1.29, 1.82) is 0 Å². The summed E-state index contributed by atoms with van der Waals surface area (Å²) in [6.45, 7) is 5.07. The molecule has 0 aliphatic heterocycles. The van der Waals surface area contributed by atoms with Gasteiger partial charge in [-0.1, -0.05) is 44.2 Å². The molecule has 0 bridgehead atoms. The van der Waals surface area contributed by atoms with Gasteiger partial charge in [-0.2, -0.15) is 0 Å². The molecule has 1 aromatic carbocycles. The molecular weight excluding hydrogens is 184 g/mol. The summed E-state index contributed by atoms with van der Waals surface area (Å²) in [5.74, 6) is 0. The molecular formula is C13H22N2. The predicted octanol–water partition coefficient (Wildman–Crippen LogP) is 2.46. The highest BCUT2D eigenvalue weighted by molar-refractivity contribution is 5.19. The van der Waals surface area contributed by atoms with Crippen molar-refractivity contribution >= 4 is 0 Å². The van der Waals surface area contributed by atoms with E-state index in [0.717, 1.165) is 12.8 Å². The number of hydrogen-bond donors (Lipinski definition) is 2. The first kappa shape index (κ1) is 12.2. The van der Waals surface area contributed by atoms with Gasteiger partial charge >= 0.3 is 0 Å². The van der Waals surface area contributed by atoms with Crippen LogP contribution in [0.3, 0.4) is 0 Å². The maximum Gasteiger partial charge on any atom is 0.0446 e. The zero-order valence-corrected chi connectivity index (χ0v) is 9.74. The fourth-order valence-corrected chi connectivity index (χ4v) is 1.79. The smallest absolute Gasteiger partial charge is 0.0446 e. The van der Waals surface area contributed by atoms with E-state index in [4.69, 9.17) is 5.73 Å². The molecule has 0 aliphatic rings. The number of hydrogen-bond acceptors (Lipinski definition) is 2. The number of nitrogens with one attached hydrogen (secondary N) is 1. The quantitative estimate of drug-likeness (QED) is 0.750. The molecule has 0 amide bonds. The Morgan fingerprint density at radius 1 is 1.13 bits per heavy atom. The molecule has 0 heterocycles. The molecule has 0 saturated carbocycles. The van der Waals surface area contributed by atoms with Gasteiger partial charge in [0.1, 0.15) is 0 Å². The molecule has 1 aromatic rings. The van der Waals surface area contributed by atoms with Crippen molar-refractivity contribution < 1.29 is 0 Å². The van der Waals surface area contributed by atoms with Gasteiger partial charge in [-0.3, -0.25) is 0 Å². The third kappa shape index (κ3) is 3.65. The Balaban J connectivity index is 2.64. The van der Waals surface area contributed by atoms with Gasteiger partial charge in [-0.25, -0.2) is 0 Å². The third-order valence-electron chi connectivity index (χ3n) is 2.86. The van der Waals surface area contributed by atoms with Crippen molar-refractivity contribution in [1.82, 2.24) is 5.32 Å². The topological polar surface area (TPSA) is 38.0 Å². The lowest BCUT2D eigenvalue weighted by atomic mass is 10.0. The Kier molecular flexibility index (Phi) is 5.37. The zero-order valence-electron chi connectivity index (χ0n) is 9.74. The van der Waals surface area contributed by atoms with E-state index in [1.165, 1.54) is 5.56 Å². The average molecular weight is 206 g/mol. The second kappa shape index (κ2) is 6.59. The minimum atomic E-state index is 0.288. The summed E-state index contributed by atoms with van der Waals surface area (Å²) in [7, 11) is 0. The maximum absolute atomic E-state index is 5.80. The fourth-order valence-electron chi connectivity index (χ4n) is 1.79. The minimum absolute atomic E-state index is 0.288. The standard InChI is InChI=1S/C13H22N2/c1-3-12(4-2)15-13(10-14)11-8-6-5-7-9-11/h5-9,12-13,15H,3-4,10,14H2,1-2H3. The van der Waals surface area contributed by atoms with E-state index >= 15 is 0 Å². The summed E-state index contributed by atoms with van der Waals surface area (Å²) in [5, 5.41) is 3.59. The minimum Gasteiger partial charge on any atom is -0.329 e. The van der Waals surface area contributed by atoms with Gasteiger partial charge in [0.25, 0.3) is 0 Å². The lowest BCUT2D eigenvalue weighted by Crippen LogP contribution is -2.35. The van der Waals surface area contributed by atoms with E-state index in [-0.39, 0.29) is 6.04 Å². The summed E-state index contributed by atoms with van der Waals surface area (Å²) in [4.78, 5) is 0. The Bertz CT molecular complexity index is 254. The van der Waals surface area contributed by atoms with Crippen molar-refractivity contribution in [3.63, 3.8) is 0 Å². The van der Waals surface area contributed by atoms with E-state index in [1.807, 2.05) is 6.07 Å². The van der Waals surface area contributed by atoms with Crippen LogP contribution in [-0.4, -0.2) is 12.6 Å². The Morgan fingerprint density at radius 2 is 1.73 bits per heavy atom. The molecule has 3 N–H and O–H groups in total. The molecule has 2 nitrogen and oxygen atoms in total. The number of rotatable bonds is 6. The van der Waals surface area contributed by atoms with Gasteiger partial charge in [0.15, 0.2) is 0 Å². The first-order valence-corrected chi connectivity index (χ1v) is 5.82. The molecule has 1 atom stereocenters. The molecule has 1 unspecified atom stereocenters. The maximum atomic E-state index is 5.80. The van der Waals surface area contributed by atoms with Gasteiger partial charge in [0.05, 0.1) is 0 Å². The van der Waals surface area contributed by atoms with E-state index in [1.54, 1.807) is 0 Å². The zero-order chi connectivity index (χ0) is 11.1. The van der Waals surface area contributed by atoms with Crippen molar-refractivity contribution in [3.05, 3.63) is 35.9 Å². The molecule has 0 radical (unpaired) electrons. The van der Waals surface area contributed by atoms with Crippen LogP contribution >= 0.6 is 0 Å². The van der Waals surface area contributed by atoms with E-state index in [0.29, 0.717) is 12.6 Å². The summed E-state index contributed by atoms with van der Waals surface area (Å²) in [5.41, 5.74) is 7.08. The second-order valence-electron chi connectivity index (χ2n) is 3.88. The first-order valence-electron chi connectivity index (χ1n) is 5.82. The van der Waals surface area contributed by atoms with Gasteiger partial charge in [-0.05, 0) is 18.4 Å². The van der Waals surface area contributed by atoms with Crippen LogP contribution in [0.2, 0.25) is 0 Å². The fraction of sp³-hybridized carbons (Fsp3) is 0.538. The largest absolute Gasteiger partial charge is 0.329 e. The van der Waals surface area contributed by atoms with Crippen molar-refractivity contribution in [3.8, 4) is 0 Å². The molecule has 0 spiro atoms. The van der Waals surface area contributed by atoms with Crippen LogP contribution in [0.5, 0.6) is 0 Å². The second-order valence-corrected chi connectivity index (χ2v) is 3.88. The SMILES string of the molecule is CCC(CC)NC(CN)c1ccccc1. The van der Waals surface area contributed by atoms with Gasteiger partial charge in [-0.15, -0.1) is 0 Å². The van der Waals surface area contributed by atoms with Gasteiger partial charge < -0.3 is 11.1 Å². The molecule has 84 valence electrons. The normalized spacial score (nSPS) is 13.1. The average Bonchev–Trinajstić information content (AvgIpc) is 2.32. The Hall–Kier alpha value is -0.860. The van der Waals surface area contributed by atoms with E-state index < -0.39 is 0 Å². The molecule has 0 fully saturated rings. The van der Waals surface area contributed by atoms with Crippen LogP contribution in [0.15, 0.2) is 30.3 Å². The molecule has 1 rings (SSSR count). The van der Waals surface area contributed by atoms with Crippen LogP contribution in [0.4, 0.5) is 0 Å². The highest BCUT2D eigenvalue weighted by Crippen LogP contribution is 2.13. The van der Waals surface area contributed by atoms with Crippen LogP contribution in [0.25, 0.3) is 0 Å². The van der Waals surface area contributed by atoms with Crippen molar-refractivity contribution in [2.45, 2.75) is 38.8 Å². The van der Waals surface area contributed by atoms with Crippen molar-refractivity contribution in [2.75, 3.05) is 6.54 Å². The van der Waals surface area contributed by atoms with E-state index in [2.05, 4.69) is 43.4 Å². The number of benzene rings is 1. The number of nitrogens with two attached hydrogens (primary N) is 1. The Morgan fingerprint density at radius 3 is 2.20 bits per heavy atom. The summed E-state index contributed by atoms with van der Waals surface area (Å²) >= 11 is 0. The van der Waals surface area contributed by atoms with E-state index in [9.17, 15) is 0 Å². The Labute approximate surface area is 92.9 Å². The monoisotopic (exact) mass is 206 g/mol. The third-order valence-corrected chi connectivity index (χ3v) is 2.86. The molecule has 2 heteroatoms. The van der Waals surface area contributed by atoms with Gasteiger partial charge in [0.2, 0.25) is 0 Å².